The number of nitrogens with zero attached hydrogens (tertiary/aromatic N) is 1. The molecule has 2 N–H and O–H groups in total. The number of hydrogen-bond acceptors (Lipinski definition) is 3. The zero-order chi connectivity index (χ0) is 11.5. The minimum atomic E-state index is 0.424. The van der Waals surface area contributed by atoms with Gasteiger partial charge in [0.25, 0.3) is 0 Å². The second-order valence-electron chi connectivity index (χ2n) is 5.49. The molecule has 0 bridgehead atoms. The van der Waals surface area contributed by atoms with Crippen LogP contribution in [0.5, 0.6) is 0 Å². The number of likely N-dealkylation sites (tertiary alicyclic amines) is 1. The van der Waals surface area contributed by atoms with Crippen molar-refractivity contribution in [3.63, 3.8) is 0 Å². The molecule has 4 atom stereocenters. The first-order chi connectivity index (χ1) is 7.70. The van der Waals surface area contributed by atoms with Crippen molar-refractivity contribution in [3.05, 3.63) is 0 Å². The van der Waals surface area contributed by atoms with Gasteiger partial charge in [-0.2, -0.15) is 0 Å². The van der Waals surface area contributed by atoms with E-state index in [2.05, 4.69) is 18.7 Å². The fraction of sp³-hybridized carbons (Fsp3) is 1.00. The molecule has 0 amide bonds. The van der Waals surface area contributed by atoms with E-state index >= 15 is 0 Å². The highest BCUT2D eigenvalue weighted by atomic mass is 16.5. The minimum absolute atomic E-state index is 0.424. The van der Waals surface area contributed by atoms with Crippen LogP contribution in [0.4, 0.5) is 0 Å². The van der Waals surface area contributed by atoms with Gasteiger partial charge >= 0.3 is 0 Å². The van der Waals surface area contributed by atoms with Gasteiger partial charge in [0.1, 0.15) is 0 Å². The summed E-state index contributed by atoms with van der Waals surface area (Å²) < 4.78 is 5.76. The van der Waals surface area contributed by atoms with Gasteiger partial charge in [0.05, 0.1) is 6.10 Å². The first-order valence-corrected chi connectivity index (χ1v) is 6.82. The molecule has 2 rings (SSSR count). The molecule has 2 heterocycles. The Morgan fingerprint density at radius 2 is 2.19 bits per heavy atom. The van der Waals surface area contributed by atoms with Crippen LogP contribution in [0.25, 0.3) is 0 Å². The van der Waals surface area contributed by atoms with Crippen molar-refractivity contribution in [2.24, 2.45) is 11.7 Å². The molecule has 2 aliphatic heterocycles. The third kappa shape index (κ3) is 2.76. The molecule has 0 aromatic rings. The lowest BCUT2D eigenvalue weighted by molar-refractivity contribution is 0.0604. The number of nitrogens with two attached hydrogens (primary N) is 1. The van der Waals surface area contributed by atoms with Crippen LogP contribution in [0.2, 0.25) is 0 Å². The third-order valence-electron chi connectivity index (χ3n) is 4.27. The minimum Gasteiger partial charge on any atom is -0.378 e. The van der Waals surface area contributed by atoms with Gasteiger partial charge in [0.15, 0.2) is 0 Å². The van der Waals surface area contributed by atoms with Gasteiger partial charge < -0.3 is 15.4 Å². The largest absolute Gasteiger partial charge is 0.378 e. The van der Waals surface area contributed by atoms with Gasteiger partial charge in [0.2, 0.25) is 0 Å². The predicted molar refractivity (Wildman–Crippen MR) is 66.4 cm³/mol. The topological polar surface area (TPSA) is 38.5 Å². The summed E-state index contributed by atoms with van der Waals surface area (Å²) in [5.74, 6) is 0.752. The summed E-state index contributed by atoms with van der Waals surface area (Å²) in [6, 6.07) is 1.08. The Morgan fingerprint density at radius 1 is 1.38 bits per heavy atom. The molecule has 0 aliphatic carbocycles. The van der Waals surface area contributed by atoms with Crippen LogP contribution >= 0.6 is 0 Å². The van der Waals surface area contributed by atoms with Gasteiger partial charge in [-0.1, -0.05) is 6.92 Å². The lowest BCUT2D eigenvalue weighted by Gasteiger charge is -2.38. The maximum atomic E-state index is 6.00. The van der Waals surface area contributed by atoms with Crippen molar-refractivity contribution in [1.29, 1.82) is 0 Å². The Kier molecular flexibility index (Phi) is 4.22. The van der Waals surface area contributed by atoms with E-state index in [1.54, 1.807) is 0 Å². The lowest BCUT2D eigenvalue weighted by atomic mass is 9.94. The highest BCUT2D eigenvalue weighted by molar-refractivity contribution is 4.85. The van der Waals surface area contributed by atoms with Crippen molar-refractivity contribution in [2.75, 3.05) is 19.7 Å². The van der Waals surface area contributed by atoms with Gasteiger partial charge in [-0.25, -0.2) is 0 Å². The van der Waals surface area contributed by atoms with E-state index in [-0.39, 0.29) is 0 Å². The van der Waals surface area contributed by atoms with Crippen LogP contribution in [0.3, 0.4) is 0 Å². The lowest BCUT2D eigenvalue weighted by Crippen LogP contribution is -2.47. The van der Waals surface area contributed by atoms with E-state index in [0.29, 0.717) is 18.2 Å². The summed E-state index contributed by atoms with van der Waals surface area (Å²) in [5, 5.41) is 0. The molecule has 2 aliphatic rings. The summed E-state index contributed by atoms with van der Waals surface area (Å²) in [7, 11) is 0. The van der Waals surface area contributed by atoms with Crippen LogP contribution in [0.1, 0.15) is 39.5 Å². The number of piperidine rings is 1. The average Bonchev–Trinajstić information content (AvgIpc) is 2.69. The van der Waals surface area contributed by atoms with Gasteiger partial charge in [-0.05, 0) is 45.1 Å². The summed E-state index contributed by atoms with van der Waals surface area (Å²) in [6.45, 7) is 7.90. The van der Waals surface area contributed by atoms with Crippen molar-refractivity contribution in [1.82, 2.24) is 4.90 Å². The molecule has 2 fully saturated rings. The van der Waals surface area contributed by atoms with Gasteiger partial charge in [0, 0.05) is 25.2 Å². The molecular formula is C13H26N2O. The average molecular weight is 226 g/mol. The summed E-state index contributed by atoms with van der Waals surface area (Å²) in [5.41, 5.74) is 6.00. The maximum absolute atomic E-state index is 6.00. The van der Waals surface area contributed by atoms with Crippen LogP contribution in [0, 0.1) is 5.92 Å². The quantitative estimate of drug-likeness (QED) is 0.794. The number of rotatable bonds is 3. The van der Waals surface area contributed by atoms with Crippen molar-refractivity contribution >= 4 is 0 Å². The second kappa shape index (κ2) is 5.48. The molecule has 94 valence electrons. The number of ether oxygens (including phenoxy) is 1. The molecule has 0 saturated carbocycles. The van der Waals surface area contributed by atoms with Crippen LogP contribution < -0.4 is 5.73 Å². The Morgan fingerprint density at radius 3 is 2.88 bits per heavy atom. The molecule has 0 radical (unpaired) electrons. The molecule has 4 unspecified atom stereocenters. The zero-order valence-electron chi connectivity index (χ0n) is 10.7. The highest BCUT2D eigenvalue weighted by Crippen LogP contribution is 2.26. The number of hydrogen-bond donors (Lipinski definition) is 1. The normalized spacial score (nSPS) is 41.4. The van der Waals surface area contributed by atoms with Crippen LogP contribution in [0.15, 0.2) is 0 Å². The molecule has 16 heavy (non-hydrogen) atoms. The first kappa shape index (κ1) is 12.3. The Bertz CT molecular complexity index is 222. The second-order valence-corrected chi connectivity index (χ2v) is 5.49. The van der Waals surface area contributed by atoms with Gasteiger partial charge in [-0.3, -0.25) is 0 Å². The third-order valence-corrected chi connectivity index (χ3v) is 4.27. The smallest absolute Gasteiger partial charge is 0.0613 e. The molecule has 3 nitrogen and oxygen atoms in total. The highest BCUT2D eigenvalue weighted by Gasteiger charge is 2.31. The Labute approximate surface area is 99.3 Å². The maximum Gasteiger partial charge on any atom is 0.0613 e. The van der Waals surface area contributed by atoms with E-state index in [1.807, 2.05) is 0 Å². The van der Waals surface area contributed by atoms with Crippen molar-refractivity contribution < 1.29 is 4.74 Å². The summed E-state index contributed by atoms with van der Waals surface area (Å²) in [4.78, 5) is 2.62. The molecule has 3 heteroatoms. The fourth-order valence-corrected chi connectivity index (χ4v) is 3.18. The summed E-state index contributed by atoms with van der Waals surface area (Å²) in [6.07, 6.45) is 5.22. The SMILES string of the molecule is CCC1OCCC1CN1CCC(N)CC1C. The van der Waals surface area contributed by atoms with Crippen molar-refractivity contribution in [2.45, 2.75) is 57.7 Å². The zero-order valence-corrected chi connectivity index (χ0v) is 10.7. The van der Waals surface area contributed by atoms with E-state index in [9.17, 15) is 0 Å². The first-order valence-electron chi connectivity index (χ1n) is 6.82. The van der Waals surface area contributed by atoms with E-state index < -0.39 is 0 Å². The van der Waals surface area contributed by atoms with E-state index in [0.717, 1.165) is 31.8 Å². The monoisotopic (exact) mass is 226 g/mol. The van der Waals surface area contributed by atoms with E-state index in [1.165, 1.54) is 19.5 Å². The van der Waals surface area contributed by atoms with E-state index in [4.69, 9.17) is 10.5 Å². The van der Waals surface area contributed by atoms with Crippen LogP contribution in [-0.4, -0.2) is 42.8 Å². The van der Waals surface area contributed by atoms with Gasteiger partial charge in [-0.15, -0.1) is 0 Å². The van der Waals surface area contributed by atoms with Crippen LogP contribution in [-0.2, 0) is 4.74 Å². The Balaban J connectivity index is 1.84. The van der Waals surface area contributed by atoms with Crippen molar-refractivity contribution in [3.8, 4) is 0 Å². The molecule has 0 spiro atoms. The predicted octanol–water partition coefficient (Wildman–Crippen LogP) is 1.61. The molecule has 0 aromatic carbocycles. The Hall–Kier alpha value is -0.120. The fourth-order valence-electron chi connectivity index (χ4n) is 3.18. The molecule has 0 aromatic heterocycles. The molecule has 2 saturated heterocycles. The molecular weight excluding hydrogens is 200 g/mol. The summed E-state index contributed by atoms with van der Waals surface area (Å²) >= 11 is 0. The standard InChI is InChI=1S/C13H26N2O/c1-3-13-11(5-7-16-13)9-15-6-4-12(14)8-10(15)2/h10-13H,3-9,14H2,1-2H3.